The summed E-state index contributed by atoms with van der Waals surface area (Å²) < 4.78 is 9.04. The van der Waals surface area contributed by atoms with Gasteiger partial charge in [-0.15, -0.1) is 10.2 Å². The fourth-order valence-corrected chi connectivity index (χ4v) is 11.1. The van der Waals surface area contributed by atoms with Gasteiger partial charge >= 0.3 is 30.8 Å². The van der Waals surface area contributed by atoms with Crippen LogP contribution >= 0.6 is 0 Å². The Labute approximate surface area is 519 Å². The van der Waals surface area contributed by atoms with Gasteiger partial charge in [0.05, 0.1) is 54.8 Å². The van der Waals surface area contributed by atoms with Crippen LogP contribution in [0.1, 0.15) is 41.5 Å². The van der Waals surface area contributed by atoms with E-state index in [1.54, 1.807) is 4.90 Å². The zero-order chi connectivity index (χ0) is 57.1. The molecule has 0 aliphatic carbocycles. The van der Waals surface area contributed by atoms with Gasteiger partial charge in [0.25, 0.3) is 0 Å². The molecule has 0 saturated carbocycles. The first-order valence-corrected chi connectivity index (χ1v) is 27.8. The van der Waals surface area contributed by atoms with Gasteiger partial charge in [-0.05, 0) is 46.5 Å². The number of rotatable bonds is 14. The normalized spacial score (nSPS) is 14.4. The van der Waals surface area contributed by atoms with Crippen molar-refractivity contribution >= 4 is 35.4 Å². The number of methoxy groups -OCH3 is 1. The summed E-state index contributed by atoms with van der Waals surface area (Å²) in [5, 5.41) is 20.2. The van der Waals surface area contributed by atoms with E-state index in [2.05, 4.69) is 17.0 Å². The minimum absolute atomic E-state index is 0. The van der Waals surface area contributed by atoms with Crippen LogP contribution in [0.5, 0.6) is 0 Å². The fraction of sp³-hybridized carbons (Fsp3) is 0.171. The second kappa shape index (κ2) is 30.3. The van der Waals surface area contributed by atoms with Gasteiger partial charge in [-0.3, -0.25) is 9.59 Å². The molecule has 438 valence electrons. The zero-order valence-corrected chi connectivity index (χ0v) is 47.8. The maximum absolute atomic E-state index is 14.3. The van der Waals surface area contributed by atoms with Crippen LogP contribution < -0.4 is 28.7 Å². The smallest absolute Gasteiger partial charge is 0.870 e. The van der Waals surface area contributed by atoms with Gasteiger partial charge in [0.2, 0.25) is 11.8 Å². The summed E-state index contributed by atoms with van der Waals surface area (Å²) in [6.45, 7) is 2.02. The summed E-state index contributed by atoms with van der Waals surface area (Å²) in [7, 11) is 1.37. The number of carbonyl (C=O) groups excluding carboxylic acids is 3. The van der Waals surface area contributed by atoms with Crippen molar-refractivity contribution in [2.45, 2.75) is 31.3 Å². The molecule has 2 fully saturated rings. The maximum atomic E-state index is 14.3. The molecule has 0 radical (unpaired) electrons. The number of carboxylic acids is 1. The zero-order valence-electron chi connectivity index (χ0n) is 47.8. The van der Waals surface area contributed by atoms with Crippen LogP contribution in [0, 0.1) is 0 Å². The maximum Gasteiger partial charge on any atom is 1.00 e. The number of piperazine rings is 2. The first-order chi connectivity index (χ1) is 40.7. The van der Waals surface area contributed by atoms with Crippen molar-refractivity contribution in [3.05, 3.63) is 277 Å². The number of hydrogen-bond acceptors (Lipinski definition) is 10. The number of ether oxygens (including phenoxy) is 1. The Hall–Kier alpha value is -9.82. The van der Waals surface area contributed by atoms with Crippen molar-refractivity contribution in [1.29, 1.82) is 0 Å². The summed E-state index contributed by atoms with van der Waals surface area (Å²) >= 11 is 0. The van der Waals surface area contributed by atoms with Crippen molar-refractivity contribution in [3.63, 3.8) is 0 Å². The molecule has 87 heavy (non-hydrogen) atoms. The van der Waals surface area contributed by atoms with Gasteiger partial charge in [-0.2, -0.15) is 0 Å². The van der Waals surface area contributed by atoms with E-state index < -0.39 is 35.9 Å². The monoisotopic (exact) mass is 1160 g/mol. The Morgan fingerprint density at radius 1 is 0.448 bits per heavy atom. The molecule has 2 aliphatic rings. The van der Waals surface area contributed by atoms with Crippen molar-refractivity contribution in [3.8, 4) is 33.9 Å². The minimum Gasteiger partial charge on any atom is -0.870 e. The molecule has 16 nitrogen and oxygen atoms in total. The largest absolute Gasteiger partial charge is 1.00 e. The van der Waals surface area contributed by atoms with Crippen LogP contribution in [0.15, 0.2) is 255 Å². The van der Waals surface area contributed by atoms with Gasteiger partial charge < -0.3 is 40.4 Å². The molecule has 17 heteroatoms. The average molecular weight is 1160 g/mol. The predicted octanol–water partition coefficient (Wildman–Crippen LogP) is 7.67. The number of hydrogen-bond donors (Lipinski definition) is 1. The van der Waals surface area contributed by atoms with Crippen LogP contribution in [0.2, 0.25) is 0 Å². The molecule has 12 rings (SSSR count). The van der Waals surface area contributed by atoms with Crippen molar-refractivity contribution in [2.24, 2.45) is 0 Å². The van der Waals surface area contributed by atoms with E-state index in [-0.39, 0.29) is 68.7 Å². The van der Waals surface area contributed by atoms with Crippen LogP contribution in [-0.2, 0) is 23.9 Å². The predicted molar refractivity (Wildman–Crippen MR) is 335 cm³/mol. The Morgan fingerprint density at radius 3 is 1.05 bits per heavy atom. The van der Waals surface area contributed by atoms with E-state index in [0.717, 1.165) is 62.0 Å². The summed E-state index contributed by atoms with van der Waals surface area (Å²) in [4.78, 5) is 61.4. The molecule has 0 spiro atoms. The van der Waals surface area contributed by atoms with Crippen molar-refractivity contribution < 1.29 is 58.8 Å². The van der Waals surface area contributed by atoms with Gasteiger partial charge in [-0.1, -0.05) is 226 Å². The molecule has 4 N–H and O–H groups in total. The second-order valence-corrected chi connectivity index (χ2v) is 20.4. The topological polar surface area (TPSA) is 208 Å². The number of carboxylic acid groups (broad SMARTS) is 1. The number of carbonyl (C=O) groups is 4. The molecule has 0 bridgehead atoms. The number of aromatic nitrogens is 4. The van der Waals surface area contributed by atoms with Crippen LogP contribution in [-0.4, -0.2) is 128 Å². The van der Waals surface area contributed by atoms with Gasteiger partial charge in [0.1, 0.15) is 12.1 Å². The molecule has 10 aromatic rings. The molecule has 0 unspecified atom stereocenters. The van der Waals surface area contributed by atoms with E-state index >= 15 is 0 Å². The number of esters is 1. The van der Waals surface area contributed by atoms with Crippen LogP contribution in [0.25, 0.3) is 33.9 Å². The molecule has 2 aromatic heterocycles. The van der Waals surface area contributed by atoms with E-state index in [9.17, 15) is 24.3 Å². The summed E-state index contributed by atoms with van der Waals surface area (Å²) in [5.41, 5.74) is 9.18. The third kappa shape index (κ3) is 14.5. The molecule has 2 atom stereocenters. The Morgan fingerprint density at radius 2 is 0.736 bits per heavy atom. The number of para-hydroxylation sites is 2. The quantitative estimate of drug-likeness (QED) is 0.0825. The van der Waals surface area contributed by atoms with E-state index in [1.807, 2.05) is 257 Å². The van der Waals surface area contributed by atoms with Gasteiger partial charge in [0.15, 0.2) is 11.6 Å². The molecular weight excluding hydrogens is 1090 g/mol. The second-order valence-electron chi connectivity index (χ2n) is 20.4. The molecule has 2 saturated heterocycles. The number of nitrogens with zero attached hydrogens (tertiary/aromatic N) is 8. The summed E-state index contributed by atoms with van der Waals surface area (Å²) in [5.74, 6) is -1.53. The third-order valence-electron chi connectivity index (χ3n) is 15.3. The number of anilines is 2. The first-order valence-electron chi connectivity index (χ1n) is 27.8. The molecule has 4 heterocycles. The van der Waals surface area contributed by atoms with Crippen LogP contribution in [0.4, 0.5) is 11.6 Å². The Bertz CT molecular complexity index is 3580. The number of amides is 2. The molecular formula is C70H69LiN8O8. The molecule has 2 aliphatic heterocycles. The molecule has 2 amide bonds. The number of benzene rings is 8. The van der Waals surface area contributed by atoms with E-state index in [1.165, 1.54) is 12.0 Å². The van der Waals surface area contributed by atoms with Crippen LogP contribution in [0.3, 0.4) is 0 Å². The summed E-state index contributed by atoms with van der Waals surface area (Å²) in [6.07, 6.45) is 0. The Kier molecular flexibility index (Phi) is 22.6. The molecule has 8 aromatic carbocycles. The third-order valence-corrected chi connectivity index (χ3v) is 15.3. The van der Waals surface area contributed by atoms with Crippen molar-refractivity contribution in [1.82, 2.24) is 29.4 Å². The van der Waals surface area contributed by atoms with Gasteiger partial charge in [0, 0.05) is 49.4 Å². The Balaban J connectivity index is 0.000000238. The average Bonchev–Trinajstić information content (AvgIpc) is 2.66. The van der Waals surface area contributed by atoms with Crippen molar-refractivity contribution in [2.75, 3.05) is 56.2 Å². The first kappa shape index (κ1) is 64.7. The van der Waals surface area contributed by atoms with Gasteiger partial charge in [-0.25, -0.2) is 19.0 Å². The SMILES string of the molecule is C.COC(=O)[C@@H]1CN(c2cc(-c3ccccc3)n(-c3ccccc3)n2)CCN1C(=O)C(c1ccccc1)c1ccccc1.O.O=C(O)[C@@H]1CN(c2cc(-c3ccccc3)n(-c3ccccc3)n2)CCN1C(=O)C(c1ccccc1)c1ccccc1.[Li+].[OH-]. The summed E-state index contributed by atoms with van der Waals surface area (Å²) in [6, 6.07) is 80.8. The fourth-order valence-electron chi connectivity index (χ4n) is 11.1. The minimum atomic E-state index is -1.03. The standard InChI is InChI=1S/C35H32N4O3.C34H30N4O3.CH4.Li.2H2O/c1-42-35(41)31-25-37(32-24-30(26-14-6-2-7-15-26)39(36-32)29-20-12-5-13-21-29)22-23-38(31)34(40)33(27-16-8-3-9-17-27)28-18-10-4-11-19-28;39-33(32(26-15-7-2-8-16-26)27-17-9-3-10-18-27)37-22-21-36(24-30(37)34(40)41)31-23-29(25-13-5-1-6-14-25)38(35-31)28-19-11-4-12-20-28;;;;/h2-21,24,31,33H,22-23,25H2,1H3;1-20,23,30,32H,21-22,24H2,(H,40,41);1H4;;2*1H2/q;;;+1;;/p-1/t31-;30-;;;;/m00..../s1. The van der Waals surface area contributed by atoms with E-state index in [0.29, 0.717) is 25.5 Å². The van der Waals surface area contributed by atoms with E-state index in [4.69, 9.17) is 14.9 Å². The number of aliphatic carboxylic acids is 1.